The zero-order chi connectivity index (χ0) is 19.6. The molecule has 0 spiro atoms. The van der Waals surface area contributed by atoms with Crippen molar-refractivity contribution < 1.29 is 14.2 Å². The van der Waals surface area contributed by atoms with E-state index in [-0.39, 0.29) is 24.0 Å². The summed E-state index contributed by atoms with van der Waals surface area (Å²) in [6, 6.07) is 6.88. The summed E-state index contributed by atoms with van der Waals surface area (Å²) in [6.07, 6.45) is 0.872. The van der Waals surface area contributed by atoms with Gasteiger partial charge in [-0.1, -0.05) is 6.07 Å². The predicted molar refractivity (Wildman–Crippen MR) is 124 cm³/mol. The quantitative estimate of drug-likeness (QED) is 0.320. The number of rotatable bonds is 8. The molecule has 1 aliphatic heterocycles. The minimum atomic E-state index is 0. The first-order valence-electron chi connectivity index (χ1n) is 9.58. The highest BCUT2D eigenvalue weighted by Crippen LogP contribution is 2.27. The van der Waals surface area contributed by atoms with Crippen molar-refractivity contribution in [2.24, 2.45) is 4.99 Å². The van der Waals surface area contributed by atoms with E-state index in [2.05, 4.69) is 40.4 Å². The number of methoxy groups -OCH3 is 2. The number of morpholine rings is 1. The molecular formula is C20H35IN4O3. The van der Waals surface area contributed by atoms with Crippen LogP contribution in [-0.4, -0.2) is 77.1 Å². The lowest BCUT2D eigenvalue weighted by Crippen LogP contribution is -2.53. The molecule has 28 heavy (non-hydrogen) atoms. The Hall–Kier alpha value is -1.26. The van der Waals surface area contributed by atoms with Crippen molar-refractivity contribution in [3.8, 4) is 11.5 Å². The zero-order valence-electron chi connectivity index (χ0n) is 17.7. The highest BCUT2D eigenvalue weighted by atomic mass is 127. The molecule has 1 aromatic rings. The van der Waals surface area contributed by atoms with E-state index in [1.54, 1.807) is 21.3 Å². The average molecular weight is 506 g/mol. The van der Waals surface area contributed by atoms with Crippen LogP contribution in [-0.2, 0) is 11.2 Å². The van der Waals surface area contributed by atoms with Crippen molar-refractivity contribution in [2.75, 3.05) is 54.1 Å². The van der Waals surface area contributed by atoms with Gasteiger partial charge in [0, 0.05) is 38.8 Å². The number of benzene rings is 1. The minimum absolute atomic E-state index is 0. The van der Waals surface area contributed by atoms with E-state index in [4.69, 9.17) is 14.2 Å². The second-order valence-electron chi connectivity index (χ2n) is 6.83. The van der Waals surface area contributed by atoms with Crippen molar-refractivity contribution in [3.05, 3.63) is 23.8 Å². The van der Waals surface area contributed by atoms with Gasteiger partial charge in [-0.15, -0.1) is 24.0 Å². The molecule has 1 heterocycles. The number of halogens is 1. The molecule has 0 aliphatic carbocycles. The molecule has 0 amide bonds. The molecule has 160 valence electrons. The molecule has 2 rings (SSSR count). The molecule has 0 aromatic heterocycles. The van der Waals surface area contributed by atoms with Crippen molar-refractivity contribution in [1.29, 1.82) is 0 Å². The highest BCUT2D eigenvalue weighted by molar-refractivity contribution is 14.0. The van der Waals surface area contributed by atoms with Gasteiger partial charge in [-0.05, 0) is 38.0 Å². The molecule has 2 unspecified atom stereocenters. The van der Waals surface area contributed by atoms with Crippen molar-refractivity contribution in [2.45, 2.75) is 32.4 Å². The van der Waals surface area contributed by atoms with Gasteiger partial charge in [0.05, 0.1) is 27.4 Å². The number of nitrogens with one attached hydrogen (secondary N) is 2. The Labute approximate surface area is 186 Å². The lowest BCUT2D eigenvalue weighted by atomic mass is 10.1. The Morgan fingerprint density at radius 2 is 2.04 bits per heavy atom. The van der Waals surface area contributed by atoms with Crippen LogP contribution in [0.3, 0.4) is 0 Å². The molecule has 0 saturated carbocycles. The fourth-order valence-electron chi connectivity index (χ4n) is 3.34. The van der Waals surface area contributed by atoms with Crippen LogP contribution in [0.2, 0.25) is 0 Å². The smallest absolute Gasteiger partial charge is 0.191 e. The zero-order valence-corrected chi connectivity index (χ0v) is 20.0. The second kappa shape index (κ2) is 13.1. The highest BCUT2D eigenvalue weighted by Gasteiger charge is 2.23. The van der Waals surface area contributed by atoms with Gasteiger partial charge >= 0.3 is 0 Å². The molecule has 2 N–H and O–H groups in total. The van der Waals surface area contributed by atoms with Crippen LogP contribution in [0.4, 0.5) is 0 Å². The van der Waals surface area contributed by atoms with Gasteiger partial charge in [0.25, 0.3) is 0 Å². The van der Waals surface area contributed by atoms with Crippen LogP contribution in [0.1, 0.15) is 19.4 Å². The first-order valence-corrected chi connectivity index (χ1v) is 9.58. The predicted octanol–water partition coefficient (Wildman–Crippen LogP) is 2.14. The Morgan fingerprint density at radius 3 is 2.68 bits per heavy atom. The molecule has 0 radical (unpaired) electrons. The molecule has 1 fully saturated rings. The standard InChI is InChI=1S/C20H34N4O3.HI/c1-15(24-10-11-27-14-16(24)2)13-23-20(21-3)22-9-8-17-6-7-18(25-4)19(12-17)26-5;/h6-7,12,15-16H,8-11,13-14H2,1-5H3,(H2,21,22,23);1H. The minimum Gasteiger partial charge on any atom is -0.493 e. The van der Waals surface area contributed by atoms with E-state index >= 15 is 0 Å². The summed E-state index contributed by atoms with van der Waals surface area (Å²) in [6.45, 7) is 8.69. The van der Waals surface area contributed by atoms with Gasteiger partial charge in [-0.3, -0.25) is 9.89 Å². The summed E-state index contributed by atoms with van der Waals surface area (Å²) in [5.74, 6) is 2.33. The van der Waals surface area contributed by atoms with E-state index in [0.29, 0.717) is 12.1 Å². The molecule has 1 saturated heterocycles. The summed E-state index contributed by atoms with van der Waals surface area (Å²) in [5, 5.41) is 6.80. The summed E-state index contributed by atoms with van der Waals surface area (Å²) in [4.78, 5) is 6.80. The third-order valence-corrected chi connectivity index (χ3v) is 4.93. The SMILES string of the molecule is CN=C(NCCc1ccc(OC)c(OC)c1)NCC(C)N1CCOCC1C.I. The number of ether oxygens (including phenoxy) is 3. The number of hydrogen-bond donors (Lipinski definition) is 2. The third kappa shape index (κ3) is 7.29. The van der Waals surface area contributed by atoms with Crippen LogP contribution in [0, 0.1) is 0 Å². The van der Waals surface area contributed by atoms with Gasteiger partial charge in [-0.2, -0.15) is 0 Å². The molecule has 0 bridgehead atoms. The van der Waals surface area contributed by atoms with E-state index < -0.39 is 0 Å². The number of nitrogens with zero attached hydrogens (tertiary/aromatic N) is 2. The Morgan fingerprint density at radius 1 is 1.29 bits per heavy atom. The van der Waals surface area contributed by atoms with Crippen LogP contribution in [0.15, 0.2) is 23.2 Å². The van der Waals surface area contributed by atoms with Gasteiger partial charge in [0.2, 0.25) is 0 Å². The lowest BCUT2D eigenvalue weighted by Gasteiger charge is -2.38. The molecular weight excluding hydrogens is 471 g/mol. The van der Waals surface area contributed by atoms with E-state index in [9.17, 15) is 0 Å². The number of aliphatic imine (C=N–C) groups is 1. The summed E-state index contributed by atoms with van der Waals surface area (Å²) in [7, 11) is 5.10. The van der Waals surface area contributed by atoms with Gasteiger partial charge in [-0.25, -0.2) is 0 Å². The maximum atomic E-state index is 5.52. The van der Waals surface area contributed by atoms with Crippen LogP contribution in [0.5, 0.6) is 11.5 Å². The van der Waals surface area contributed by atoms with E-state index in [1.807, 2.05) is 12.1 Å². The Kier molecular flexibility index (Phi) is 11.6. The number of hydrogen-bond acceptors (Lipinski definition) is 5. The first-order chi connectivity index (χ1) is 13.1. The monoisotopic (exact) mass is 506 g/mol. The van der Waals surface area contributed by atoms with Gasteiger partial charge in [0.1, 0.15) is 0 Å². The summed E-state index contributed by atoms with van der Waals surface area (Å²) < 4.78 is 16.2. The molecule has 7 nitrogen and oxygen atoms in total. The summed E-state index contributed by atoms with van der Waals surface area (Å²) in [5.41, 5.74) is 1.19. The maximum Gasteiger partial charge on any atom is 0.191 e. The second-order valence-corrected chi connectivity index (χ2v) is 6.83. The fraction of sp³-hybridized carbons (Fsp3) is 0.650. The molecule has 1 aliphatic rings. The molecule has 8 heteroatoms. The Balaban J connectivity index is 0.00000392. The van der Waals surface area contributed by atoms with Crippen molar-refractivity contribution >= 4 is 29.9 Å². The normalized spacial score (nSPS) is 18.8. The Bertz CT molecular complexity index is 615. The van der Waals surface area contributed by atoms with E-state index in [0.717, 1.165) is 56.7 Å². The van der Waals surface area contributed by atoms with Crippen LogP contribution >= 0.6 is 24.0 Å². The lowest BCUT2D eigenvalue weighted by molar-refractivity contribution is -0.0174. The van der Waals surface area contributed by atoms with Crippen molar-refractivity contribution in [3.63, 3.8) is 0 Å². The van der Waals surface area contributed by atoms with Crippen LogP contribution < -0.4 is 20.1 Å². The average Bonchev–Trinajstić information content (AvgIpc) is 2.70. The van der Waals surface area contributed by atoms with Gasteiger partial charge < -0.3 is 24.8 Å². The van der Waals surface area contributed by atoms with Crippen molar-refractivity contribution in [1.82, 2.24) is 15.5 Å². The third-order valence-electron chi connectivity index (χ3n) is 4.93. The maximum absolute atomic E-state index is 5.52. The van der Waals surface area contributed by atoms with E-state index in [1.165, 1.54) is 5.56 Å². The number of guanidine groups is 1. The topological polar surface area (TPSA) is 67.4 Å². The van der Waals surface area contributed by atoms with Gasteiger partial charge in [0.15, 0.2) is 17.5 Å². The molecule has 2 atom stereocenters. The van der Waals surface area contributed by atoms with Crippen LogP contribution in [0.25, 0.3) is 0 Å². The largest absolute Gasteiger partial charge is 0.493 e. The summed E-state index contributed by atoms with van der Waals surface area (Å²) >= 11 is 0. The fourth-order valence-corrected chi connectivity index (χ4v) is 3.34. The first kappa shape index (κ1) is 24.8. The molecule has 1 aromatic carbocycles.